The molecule has 10 heteroatoms. The molecule has 0 amide bonds. The highest BCUT2D eigenvalue weighted by Crippen LogP contribution is 2.41. The van der Waals surface area contributed by atoms with Crippen molar-refractivity contribution in [2.75, 3.05) is 17.2 Å². The lowest BCUT2D eigenvalue weighted by Crippen LogP contribution is -2.29. The number of allylic oxidation sites excluding steroid dienone is 2. The van der Waals surface area contributed by atoms with Crippen LogP contribution < -0.4 is 14.2 Å². The van der Waals surface area contributed by atoms with Gasteiger partial charge in [-0.1, -0.05) is 30.1 Å². The van der Waals surface area contributed by atoms with Crippen LogP contribution in [0, 0.1) is 0 Å². The molecular weight excluding hydrogens is 499 g/mol. The van der Waals surface area contributed by atoms with E-state index in [0.717, 1.165) is 28.8 Å². The molecule has 7 nitrogen and oxygen atoms in total. The van der Waals surface area contributed by atoms with Crippen molar-refractivity contribution in [2.24, 2.45) is 7.05 Å². The molecule has 180 valence electrons. The third-order valence-electron chi connectivity index (χ3n) is 5.58. The number of anilines is 1. The molecular formula is C24H25Cl2N2O5S+. The van der Waals surface area contributed by atoms with Crippen molar-refractivity contribution < 1.29 is 26.7 Å². The fraction of sp³-hybridized carbons (Fsp3) is 0.292. The summed E-state index contributed by atoms with van der Waals surface area (Å²) in [4.78, 5) is 1.97. The Morgan fingerprint density at radius 3 is 2.62 bits per heavy atom. The van der Waals surface area contributed by atoms with Gasteiger partial charge in [-0.25, -0.2) is 0 Å². The van der Waals surface area contributed by atoms with Gasteiger partial charge in [0.1, 0.15) is 7.05 Å². The van der Waals surface area contributed by atoms with Gasteiger partial charge in [-0.3, -0.25) is 4.55 Å². The first-order valence-corrected chi connectivity index (χ1v) is 13.2. The Morgan fingerprint density at radius 2 is 1.88 bits per heavy atom. The molecule has 2 heterocycles. The molecule has 4 rings (SSSR count). The Balaban J connectivity index is 1.64. The molecule has 0 saturated carbocycles. The second-order valence-electron chi connectivity index (χ2n) is 8.03. The average Bonchev–Trinajstić information content (AvgIpc) is 3.26. The zero-order chi connectivity index (χ0) is 24.5. The average molecular weight is 524 g/mol. The van der Waals surface area contributed by atoms with Gasteiger partial charge in [0.15, 0.2) is 5.75 Å². The van der Waals surface area contributed by atoms with Crippen LogP contribution in [-0.4, -0.2) is 25.3 Å². The summed E-state index contributed by atoms with van der Waals surface area (Å²) in [5.41, 5.74) is 3.41. The lowest BCUT2D eigenvalue weighted by molar-refractivity contribution is -0.652. The smallest absolute Gasteiger partial charge is 0.374 e. The van der Waals surface area contributed by atoms with Crippen molar-refractivity contribution in [3.63, 3.8) is 0 Å². The molecule has 0 unspecified atom stereocenters. The summed E-state index contributed by atoms with van der Waals surface area (Å²) in [6.07, 6.45) is 5.48. The van der Waals surface area contributed by atoms with Crippen LogP contribution in [-0.2, 0) is 17.2 Å². The fourth-order valence-corrected chi connectivity index (χ4v) is 4.70. The van der Waals surface area contributed by atoms with Crippen LogP contribution in [0.2, 0.25) is 10.0 Å². The van der Waals surface area contributed by atoms with E-state index in [1.165, 1.54) is 0 Å². The van der Waals surface area contributed by atoms with Crippen LogP contribution in [0.3, 0.4) is 0 Å². The second kappa shape index (κ2) is 10.00. The van der Waals surface area contributed by atoms with E-state index >= 15 is 0 Å². The minimum Gasteiger partial charge on any atom is -0.439 e. The first-order chi connectivity index (χ1) is 16.1. The van der Waals surface area contributed by atoms with E-state index < -0.39 is 10.1 Å². The Kier molecular flexibility index (Phi) is 7.23. The van der Waals surface area contributed by atoms with Gasteiger partial charge in [0, 0.05) is 28.7 Å². The molecule has 1 aliphatic heterocycles. The molecule has 1 N–H and O–H groups in total. The molecule has 0 radical (unpaired) electrons. The van der Waals surface area contributed by atoms with E-state index in [1.54, 1.807) is 12.1 Å². The minimum atomic E-state index is -3.99. The number of aryl methyl sites for hydroxylation is 1. The normalized spacial score (nSPS) is 15.3. The number of ether oxygens (including phenoxy) is 1. The van der Waals surface area contributed by atoms with Gasteiger partial charge in [0.05, 0.1) is 17.5 Å². The van der Waals surface area contributed by atoms with E-state index in [9.17, 15) is 8.42 Å². The van der Waals surface area contributed by atoms with Crippen LogP contribution in [0.5, 0.6) is 5.75 Å². The number of nitrogens with zero attached hydrogens (tertiary/aromatic N) is 2. The third kappa shape index (κ3) is 5.58. The first kappa shape index (κ1) is 24.6. The maximum absolute atomic E-state index is 11.1. The number of rotatable bonds is 8. The molecule has 1 aliphatic rings. The summed E-state index contributed by atoms with van der Waals surface area (Å²) >= 11 is 12.4. The number of hydrogen-bond acceptors (Lipinski definition) is 5. The zero-order valence-electron chi connectivity index (χ0n) is 18.8. The molecule has 0 bridgehead atoms. The second-order valence-corrected chi connectivity index (χ2v) is 10.5. The lowest BCUT2D eigenvalue weighted by Gasteiger charge is -2.18. The summed E-state index contributed by atoms with van der Waals surface area (Å²) in [6.45, 7) is 2.54. The van der Waals surface area contributed by atoms with Crippen molar-refractivity contribution >= 4 is 56.2 Å². The predicted octanol–water partition coefficient (Wildman–Crippen LogP) is 5.77. The summed E-state index contributed by atoms with van der Waals surface area (Å²) in [5.74, 6) is 1.67. The molecule has 0 fully saturated rings. The molecule has 2 aromatic carbocycles. The van der Waals surface area contributed by atoms with Crippen LogP contribution >= 0.6 is 23.2 Å². The van der Waals surface area contributed by atoms with Gasteiger partial charge in [-0.15, -0.1) is 0 Å². The maximum Gasteiger partial charge on any atom is 0.374 e. The Labute approximate surface area is 208 Å². The van der Waals surface area contributed by atoms with E-state index in [0.29, 0.717) is 47.0 Å². The van der Waals surface area contributed by atoms with Gasteiger partial charge in [0.2, 0.25) is 11.5 Å². The highest BCUT2D eigenvalue weighted by molar-refractivity contribution is 7.85. The molecule has 0 saturated heterocycles. The Bertz CT molecular complexity index is 1400. The number of aromatic nitrogens is 1. The zero-order valence-corrected chi connectivity index (χ0v) is 21.1. The van der Waals surface area contributed by atoms with Crippen molar-refractivity contribution in [1.29, 1.82) is 0 Å². The van der Waals surface area contributed by atoms with Gasteiger partial charge in [0.25, 0.3) is 15.6 Å². The van der Waals surface area contributed by atoms with Crippen molar-refractivity contribution in [2.45, 2.75) is 26.2 Å². The van der Waals surface area contributed by atoms with Crippen LogP contribution in [0.25, 0.3) is 17.2 Å². The van der Waals surface area contributed by atoms with Crippen LogP contribution in [0.1, 0.15) is 32.1 Å². The monoisotopic (exact) mass is 523 g/mol. The number of benzene rings is 2. The summed E-state index contributed by atoms with van der Waals surface area (Å²) in [7, 11) is -2.08. The minimum absolute atomic E-state index is 0.282. The van der Waals surface area contributed by atoms with E-state index in [2.05, 4.69) is 0 Å². The fourth-order valence-electron chi connectivity index (χ4n) is 3.79. The molecule has 0 aliphatic carbocycles. The number of halogens is 2. The van der Waals surface area contributed by atoms with Gasteiger partial charge in [-0.2, -0.15) is 13.0 Å². The molecule has 0 atom stereocenters. The van der Waals surface area contributed by atoms with Gasteiger partial charge < -0.3 is 14.1 Å². The van der Waals surface area contributed by atoms with E-state index in [4.69, 9.17) is 36.9 Å². The Morgan fingerprint density at radius 1 is 1.15 bits per heavy atom. The third-order valence-corrected chi connectivity index (χ3v) is 6.85. The van der Waals surface area contributed by atoms with Gasteiger partial charge >= 0.3 is 5.89 Å². The number of hydrogen-bond donors (Lipinski definition) is 1. The lowest BCUT2D eigenvalue weighted by atomic mass is 10.1. The largest absolute Gasteiger partial charge is 0.439 e. The molecule has 34 heavy (non-hydrogen) atoms. The predicted molar refractivity (Wildman–Crippen MR) is 134 cm³/mol. The quantitative estimate of drug-likeness (QED) is 0.229. The summed E-state index contributed by atoms with van der Waals surface area (Å²) in [6, 6.07) is 10.9. The van der Waals surface area contributed by atoms with Crippen LogP contribution in [0.4, 0.5) is 5.69 Å². The summed E-state index contributed by atoms with van der Waals surface area (Å²) in [5, 5.41) is 1.21. The first-order valence-electron chi connectivity index (χ1n) is 10.8. The van der Waals surface area contributed by atoms with Crippen LogP contribution in [0.15, 0.2) is 58.3 Å². The highest BCUT2D eigenvalue weighted by atomic mass is 35.5. The van der Waals surface area contributed by atoms with E-state index in [1.807, 2.05) is 59.9 Å². The summed E-state index contributed by atoms with van der Waals surface area (Å²) < 4.78 is 45.2. The number of oxazole rings is 1. The molecule has 3 aromatic rings. The number of fused-ring (bicyclic) bond motifs is 2. The van der Waals surface area contributed by atoms with Gasteiger partial charge in [-0.05, 0) is 55.2 Å². The topological polar surface area (TPSA) is 83.9 Å². The standard InChI is InChI=1S/C24H24Cl2N2O5S/c1-3-16(12-23-27(2)19-14-17(25)6-8-21(19)32-23)13-24-28(10-4-5-11-34(29,30)31)20-15-18(26)7-9-22(20)33-24/h6-9,12-15H,3-5,10-11H2,1-2H3/p+1. The maximum atomic E-state index is 11.1. The SMILES string of the molecule is CCC(/C=C1\Oc2ccc(Cl)cc2N1CCCCS(=O)(=O)O)=C\c1oc2ccc(Cl)cc2[n+]1C. The van der Waals surface area contributed by atoms with Crippen molar-refractivity contribution in [3.05, 3.63) is 69.9 Å². The van der Waals surface area contributed by atoms with Crippen molar-refractivity contribution in [3.8, 4) is 5.75 Å². The van der Waals surface area contributed by atoms with E-state index in [-0.39, 0.29) is 5.75 Å². The molecule has 1 aromatic heterocycles. The van der Waals surface area contributed by atoms with Crippen molar-refractivity contribution in [1.82, 2.24) is 0 Å². The highest BCUT2D eigenvalue weighted by Gasteiger charge is 2.27. The Hall–Kier alpha value is -2.52. The number of unbranched alkanes of at least 4 members (excludes halogenated alkanes) is 1. The molecule has 0 spiro atoms.